The Balaban J connectivity index is 1.91. The maximum atomic E-state index is 12.7. The topological polar surface area (TPSA) is 49.4 Å². The van der Waals surface area contributed by atoms with Crippen LogP contribution in [0.3, 0.4) is 0 Å². The summed E-state index contributed by atoms with van der Waals surface area (Å²) in [6.45, 7) is 2.04. The number of benzene rings is 1. The third kappa shape index (κ3) is 5.08. The molecule has 1 saturated heterocycles. The van der Waals surface area contributed by atoms with Crippen LogP contribution in [0.2, 0.25) is 5.02 Å². The van der Waals surface area contributed by atoms with Crippen molar-refractivity contribution < 1.29 is 22.8 Å². The normalized spacial score (nSPS) is 18.0. The number of carbonyl (C=O) groups excluding carboxylic acids is 2. The van der Waals surface area contributed by atoms with Crippen LogP contribution in [0, 0.1) is 0 Å². The molecule has 0 radical (unpaired) electrons. The first kappa shape index (κ1) is 20.0. The molecule has 1 aliphatic heterocycles. The van der Waals surface area contributed by atoms with Crippen molar-refractivity contribution in [3.8, 4) is 0 Å². The van der Waals surface area contributed by atoms with E-state index in [1.54, 1.807) is 6.92 Å². The second kappa shape index (κ2) is 7.92. The van der Waals surface area contributed by atoms with E-state index < -0.39 is 17.6 Å². The van der Waals surface area contributed by atoms with Crippen molar-refractivity contribution in [1.29, 1.82) is 0 Å². The number of halogens is 4. The number of thiocarbonyl (C=S) groups is 1. The standard InChI is InChI=1S/C15H14ClF3N2O2S2/c1-8-13(23)21(14(24)25-8)6-2-3-12(22)20-11-7-9(15(17,18)19)4-5-10(11)16/h4-5,7-8H,2-3,6H2,1H3,(H,20,22). The predicted octanol–water partition coefficient (Wildman–Crippen LogP) is 4.33. The molecule has 136 valence electrons. The average molecular weight is 411 g/mol. The Bertz CT molecular complexity index is 713. The number of nitrogens with one attached hydrogen (secondary N) is 1. The molecule has 0 saturated carbocycles. The number of thioether (sulfide) groups is 1. The smallest absolute Gasteiger partial charge is 0.325 e. The molecule has 1 N–H and O–H groups in total. The van der Waals surface area contributed by atoms with Crippen LogP contribution in [0.4, 0.5) is 18.9 Å². The minimum atomic E-state index is -4.52. The van der Waals surface area contributed by atoms with Gasteiger partial charge in [-0.05, 0) is 31.5 Å². The summed E-state index contributed by atoms with van der Waals surface area (Å²) < 4.78 is 38.6. The number of hydrogen-bond acceptors (Lipinski definition) is 4. The summed E-state index contributed by atoms with van der Waals surface area (Å²) >= 11 is 12.2. The van der Waals surface area contributed by atoms with Crippen molar-refractivity contribution in [2.24, 2.45) is 0 Å². The van der Waals surface area contributed by atoms with Gasteiger partial charge in [-0.2, -0.15) is 13.2 Å². The molecule has 25 heavy (non-hydrogen) atoms. The molecule has 1 aromatic carbocycles. The van der Waals surface area contributed by atoms with Crippen LogP contribution in [0.15, 0.2) is 18.2 Å². The highest BCUT2D eigenvalue weighted by atomic mass is 35.5. The van der Waals surface area contributed by atoms with Gasteiger partial charge in [0.1, 0.15) is 4.32 Å². The lowest BCUT2D eigenvalue weighted by molar-refractivity contribution is -0.137. The zero-order chi connectivity index (χ0) is 18.8. The van der Waals surface area contributed by atoms with Crippen LogP contribution in [0.5, 0.6) is 0 Å². The highest BCUT2D eigenvalue weighted by Gasteiger charge is 2.33. The molecule has 0 aromatic heterocycles. The molecule has 0 bridgehead atoms. The number of anilines is 1. The first-order chi connectivity index (χ1) is 11.6. The number of rotatable bonds is 5. The minimum absolute atomic E-state index is 0.0162. The van der Waals surface area contributed by atoms with E-state index in [0.717, 1.165) is 18.2 Å². The van der Waals surface area contributed by atoms with Gasteiger partial charge in [0.2, 0.25) is 11.8 Å². The number of carbonyl (C=O) groups is 2. The quantitative estimate of drug-likeness (QED) is 0.734. The highest BCUT2D eigenvalue weighted by Crippen LogP contribution is 2.34. The van der Waals surface area contributed by atoms with E-state index in [2.05, 4.69) is 5.32 Å². The molecule has 1 unspecified atom stereocenters. The van der Waals surface area contributed by atoms with E-state index in [1.807, 2.05) is 0 Å². The Morgan fingerprint density at radius 3 is 2.68 bits per heavy atom. The molecule has 1 aromatic rings. The maximum absolute atomic E-state index is 12.7. The van der Waals surface area contributed by atoms with Crippen molar-refractivity contribution in [2.75, 3.05) is 11.9 Å². The Labute approximate surface area is 157 Å². The van der Waals surface area contributed by atoms with E-state index >= 15 is 0 Å². The van der Waals surface area contributed by atoms with Crippen LogP contribution >= 0.6 is 35.6 Å². The Hall–Kier alpha value is -1.32. The molecule has 1 aliphatic rings. The summed E-state index contributed by atoms with van der Waals surface area (Å²) in [4.78, 5) is 25.2. The second-order valence-corrected chi connectivity index (χ2v) is 7.74. The molecule has 1 atom stereocenters. The fourth-order valence-electron chi connectivity index (χ4n) is 2.18. The van der Waals surface area contributed by atoms with Crippen LogP contribution < -0.4 is 5.32 Å². The fraction of sp³-hybridized carbons (Fsp3) is 0.400. The van der Waals surface area contributed by atoms with Crippen molar-refractivity contribution in [2.45, 2.75) is 31.2 Å². The highest BCUT2D eigenvalue weighted by molar-refractivity contribution is 8.24. The van der Waals surface area contributed by atoms with Gasteiger partial charge in [0.05, 0.1) is 21.5 Å². The zero-order valence-corrected chi connectivity index (χ0v) is 15.4. The van der Waals surface area contributed by atoms with Crippen LogP contribution in [-0.2, 0) is 15.8 Å². The van der Waals surface area contributed by atoms with Gasteiger partial charge in [-0.1, -0.05) is 35.6 Å². The van der Waals surface area contributed by atoms with E-state index in [1.165, 1.54) is 16.7 Å². The van der Waals surface area contributed by atoms with Crippen molar-refractivity contribution in [1.82, 2.24) is 4.90 Å². The Kier molecular flexibility index (Phi) is 6.34. The number of hydrogen-bond donors (Lipinski definition) is 1. The van der Waals surface area contributed by atoms with Gasteiger partial charge < -0.3 is 5.32 Å². The van der Waals surface area contributed by atoms with E-state index in [0.29, 0.717) is 17.3 Å². The monoisotopic (exact) mass is 410 g/mol. The van der Waals surface area contributed by atoms with Crippen molar-refractivity contribution >= 4 is 57.4 Å². The van der Waals surface area contributed by atoms with Crippen LogP contribution in [0.25, 0.3) is 0 Å². The molecule has 0 spiro atoms. The third-order valence-corrected chi connectivity index (χ3v) is 5.28. The summed E-state index contributed by atoms with van der Waals surface area (Å²) in [6.07, 6.45) is -4.16. The van der Waals surface area contributed by atoms with Gasteiger partial charge >= 0.3 is 6.18 Å². The first-order valence-electron chi connectivity index (χ1n) is 7.28. The molecule has 2 amide bonds. The largest absolute Gasteiger partial charge is 0.416 e. The SMILES string of the molecule is CC1SC(=S)N(CCCC(=O)Nc2cc(C(F)(F)F)ccc2Cl)C1=O. The third-order valence-electron chi connectivity index (χ3n) is 3.47. The molecule has 10 heteroatoms. The summed E-state index contributed by atoms with van der Waals surface area (Å²) in [7, 11) is 0. The number of alkyl halides is 3. The first-order valence-corrected chi connectivity index (χ1v) is 8.95. The summed E-state index contributed by atoms with van der Waals surface area (Å²) in [5.41, 5.74) is -0.996. The van der Waals surface area contributed by atoms with Gasteiger partial charge in [0.15, 0.2) is 0 Å². The molecule has 2 rings (SSSR count). The minimum Gasteiger partial charge on any atom is -0.325 e. The van der Waals surface area contributed by atoms with Crippen LogP contribution in [0.1, 0.15) is 25.3 Å². The molecular formula is C15H14ClF3N2O2S2. The van der Waals surface area contributed by atoms with Gasteiger partial charge in [-0.3, -0.25) is 14.5 Å². The van der Waals surface area contributed by atoms with Crippen molar-refractivity contribution in [3.05, 3.63) is 28.8 Å². The van der Waals surface area contributed by atoms with Gasteiger partial charge in [0, 0.05) is 13.0 Å². The summed E-state index contributed by atoms with van der Waals surface area (Å²) in [6, 6.07) is 2.72. The van der Waals surface area contributed by atoms with Gasteiger partial charge in [0.25, 0.3) is 0 Å². The van der Waals surface area contributed by atoms with Gasteiger partial charge in [-0.15, -0.1) is 0 Å². The van der Waals surface area contributed by atoms with E-state index in [4.69, 9.17) is 23.8 Å². The average Bonchev–Trinajstić information content (AvgIpc) is 2.74. The maximum Gasteiger partial charge on any atom is 0.416 e. The molecular weight excluding hydrogens is 397 g/mol. The van der Waals surface area contributed by atoms with Gasteiger partial charge in [-0.25, -0.2) is 0 Å². The number of nitrogens with zero attached hydrogens (tertiary/aromatic N) is 1. The zero-order valence-electron chi connectivity index (χ0n) is 13.0. The Morgan fingerprint density at radius 2 is 2.12 bits per heavy atom. The van der Waals surface area contributed by atoms with E-state index in [-0.39, 0.29) is 28.3 Å². The lowest BCUT2D eigenvalue weighted by Crippen LogP contribution is -2.32. The predicted molar refractivity (Wildman–Crippen MR) is 95.7 cm³/mol. The lowest BCUT2D eigenvalue weighted by Gasteiger charge is -2.15. The summed E-state index contributed by atoms with van der Waals surface area (Å²) in [5.74, 6) is -0.587. The molecule has 0 aliphatic carbocycles. The molecule has 1 heterocycles. The lowest BCUT2D eigenvalue weighted by atomic mass is 10.2. The Morgan fingerprint density at radius 1 is 1.44 bits per heavy atom. The molecule has 4 nitrogen and oxygen atoms in total. The second-order valence-electron chi connectivity index (χ2n) is 5.36. The van der Waals surface area contributed by atoms with Crippen molar-refractivity contribution in [3.63, 3.8) is 0 Å². The number of amides is 2. The molecule has 1 fully saturated rings. The fourth-order valence-corrected chi connectivity index (χ4v) is 3.80. The summed E-state index contributed by atoms with van der Waals surface area (Å²) in [5, 5.41) is 2.15. The van der Waals surface area contributed by atoms with Crippen LogP contribution in [-0.4, -0.2) is 32.8 Å². The van der Waals surface area contributed by atoms with E-state index in [9.17, 15) is 22.8 Å².